The standard InChI is InChI=1S/C46H49BrN8O10S3/c1-46(2,3)65-45(57)48-24-32(28-56)52-67(58,59)39-23-22-36(37-8-7-9-38-41(37)49-44(47)66-38)40(43-50-53-55(51-43)27-31-14-20-35(64-6)21-15-31)42(39)68(60,61)54(25-29-10-16-33(62-4)17-11-29)26-30-12-18-34(63-5)19-13-30/h7-23,32,52,56H,24-28H2,1-6H3,(H,48,57). The van der Waals surface area contributed by atoms with E-state index in [0.29, 0.717) is 43.4 Å². The first-order valence-electron chi connectivity index (χ1n) is 20.9. The van der Waals surface area contributed by atoms with Crippen molar-refractivity contribution in [2.75, 3.05) is 34.5 Å². The average Bonchev–Trinajstić information content (AvgIpc) is 3.95. The molecule has 0 spiro atoms. The van der Waals surface area contributed by atoms with Gasteiger partial charge in [0.05, 0.1) is 56.3 Å². The molecule has 1 amide bonds. The van der Waals surface area contributed by atoms with Crippen molar-refractivity contribution < 1.29 is 45.7 Å². The van der Waals surface area contributed by atoms with E-state index < -0.39 is 60.7 Å². The number of carbonyl (C=O) groups is 1. The first-order valence-corrected chi connectivity index (χ1v) is 25.4. The predicted molar refractivity (Wildman–Crippen MR) is 260 cm³/mol. The predicted octanol–water partition coefficient (Wildman–Crippen LogP) is 7.01. The van der Waals surface area contributed by atoms with Crippen LogP contribution in [0.2, 0.25) is 0 Å². The Morgan fingerprint density at radius 1 is 0.809 bits per heavy atom. The summed E-state index contributed by atoms with van der Waals surface area (Å²) in [5.41, 5.74) is 1.99. The molecule has 2 heterocycles. The Labute approximate surface area is 406 Å². The number of nitrogens with one attached hydrogen (secondary N) is 2. The minimum Gasteiger partial charge on any atom is -0.497 e. The van der Waals surface area contributed by atoms with Crippen LogP contribution in [0.15, 0.2) is 117 Å². The van der Waals surface area contributed by atoms with Crippen LogP contribution in [-0.4, -0.2) is 104 Å². The largest absolute Gasteiger partial charge is 0.497 e. The number of ether oxygens (including phenoxy) is 4. The molecule has 0 saturated heterocycles. The van der Waals surface area contributed by atoms with Gasteiger partial charge in [-0.15, -0.1) is 21.5 Å². The normalized spacial score (nSPS) is 12.5. The van der Waals surface area contributed by atoms with Crippen LogP contribution in [0.1, 0.15) is 37.5 Å². The van der Waals surface area contributed by atoms with Gasteiger partial charge in [-0.05, 0) is 113 Å². The maximum absolute atomic E-state index is 16.1. The summed E-state index contributed by atoms with van der Waals surface area (Å²) < 4.78 is 88.5. The number of benzene rings is 5. The van der Waals surface area contributed by atoms with Crippen LogP contribution in [0, 0.1) is 0 Å². The van der Waals surface area contributed by atoms with Crippen LogP contribution in [-0.2, 0) is 44.4 Å². The molecule has 358 valence electrons. The highest BCUT2D eigenvalue weighted by molar-refractivity contribution is 9.11. The van der Waals surface area contributed by atoms with Gasteiger partial charge in [0, 0.05) is 25.2 Å². The molecule has 22 heteroatoms. The lowest BCUT2D eigenvalue weighted by atomic mass is 9.98. The van der Waals surface area contributed by atoms with Crippen molar-refractivity contribution >= 4 is 63.6 Å². The molecule has 0 fully saturated rings. The molecule has 1 atom stereocenters. The Morgan fingerprint density at radius 3 is 1.93 bits per heavy atom. The van der Waals surface area contributed by atoms with Crippen molar-refractivity contribution in [1.29, 1.82) is 0 Å². The molecule has 18 nitrogen and oxygen atoms in total. The number of tetrazole rings is 1. The van der Waals surface area contributed by atoms with Crippen molar-refractivity contribution in [2.24, 2.45) is 0 Å². The van der Waals surface area contributed by atoms with Crippen LogP contribution in [0.25, 0.3) is 32.7 Å². The molecule has 0 bridgehead atoms. The number of hydrogen-bond donors (Lipinski definition) is 3. The molecular formula is C46H49BrN8O10S3. The number of methoxy groups -OCH3 is 3. The molecule has 3 N–H and O–H groups in total. The molecule has 5 aromatic carbocycles. The molecular weight excluding hydrogens is 1000 g/mol. The van der Waals surface area contributed by atoms with Crippen molar-refractivity contribution in [3.05, 3.63) is 124 Å². The van der Waals surface area contributed by atoms with Crippen LogP contribution in [0.4, 0.5) is 4.79 Å². The topological polar surface area (TPSA) is 226 Å². The average molecular weight is 1050 g/mol. The van der Waals surface area contributed by atoms with Crippen LogP contribution in [0.3, 0.4) is 0 Å². The number of aromatic nitrogens is 5. The fraction of sp³-hybridized carbons (Fsp3) is 0.283. The van der Waals surface area contributed by atoms with Crippen LogP contribution < -0.4 is 24.2 Å². The van der Waals surface area contributed by atoms with Gasteiger partial charge in [-0.2, -0.15) is 9.10 Å². The van der Waals surface area contributed by atoms with E-state index in [1.165, 1.54) is 42.5 Å². The summed E-state index contributed by atoms with van der Waals surface area (Å²) in [6.07, 6.45) is -0.857. The second-order valence-electron chi connectivity index (χ2n) is 16.3. The molecule has 7 aromatic rings. The van der Waals surface area contributed by atoms with Crippen molar-refractivity contribution in [3.63, 3.8) is 0 Å². The lowest BCUT2D eigenvalue weighted by Gasteiger charge is -2.27. The lowest BCUT2D eigenvalue weighted by molar-refractivity contribution is 0.0519. The van der Waals surface area contributed by atoms with Gasteiger partial charge in [0.2, 0.25) is 25.9 Å². The summed E-state index contributed by atoms with van der Waals surface area (Å²) in [6, 6.07) is 27.5. The third-order valence-electron chi connectivity index (χ3n) is 10.3. The van der Waals surface area contributed by atoms with Crippen LogP contribution >= 0.6 is 27.3 Å². The highest BCUT2D eigenvalue weighted by Gasteiger charge is 2.39. The summed E-state index contributed by atoms with van der Waals surface area (Å²) in [5, 5.41) is 26.4. The van der Waals surface area contributed by atoms with Gasteiger partial charge in [0.15, 0.2) is 3.92 Å². The van der Waals surface area contributed by atoms with Gasteiger partial charge in [0.1, 0.15) is 32.6 Å². The number of carbonyl (C=O) groups excluding carboxylic acids is 1. The zero-order chi connectivity index (χ0) is 48.8. The summed E-state index contributed by atoms with van der Waals surface area (Å²) in [5.74, 6) is 1.50. The first-order chi connectivity index (χ1) is 32.4. The number of aliphatic hydroxyl groups excluding tert-OH is 1. The Morgan fingerprint density at radius 2 is 1.38 bits per heavy atom. The number of hydrogen-bond acceptors (Lipinski definition) is 15. The van der Waals surface area contributed by atoms with Crippen molar-refractivity contribution in [2.45, 2.75) is 61.8 Å². The second kappa shape index (κ2) is 21.1. The molecule has 0 aliphatic heterocycles. The number of sulfonamides is 2. The Balaban J connectivity index is 1.48. The van der Waals surface area contributed by atoms with Gasteiger partial charge in [-0.25, -0.2) is 31.3 Å². The van der Waals surface area contributed by atoms with E-state index in [9.17, 15) is 9.90 Å². The van der Waals surface area contributed by atoms with E-state index in [0.717, 1.165) is 14.6 Å². The fourth-order valence-corrected chi connectivity index (χ4v) is 12.1. The minimum atomic E-state index is -5.00. The van der Waals surface area contributed by atoms with Crippen LogP contribution in [0.5, 0.6) is 17.2 Å². The molecule has 1 unspecified atom stereocenters. The van der Waals surface area contributed by atoms with Gasteiger partial charge >= 0.3 is 6.09 Å². The number of halogens is 1. The summed E-state index contributed by atoms with van der Waals surface area (Å²) in [7, 11) is -5.36. The van der Waals surface area contributed by atoms with Crippen molar-refractivity contribution in [3.8, 4) is 39.8 Å². The second-order valence-corrected chi connectivity index (χ2v) is 22.1. The number of nitrogens with zero attached hydrogens (tertiary/aromatic N) is 6. The number of rotatable bonds is 19. The summed E-state index contributed by atoms with van der Waals surface area (Å²) in [4.78, 5) is 17.3. The highest BCUT2D eigenvalue weighted by Crippen LogP contribution is 2.44. The summed E-state index contributed by atoms with van der Waals surface area (Å²) in [6.45, 7) is 3.41. The van der Waals surface area contributed by atoms with E-state index in [4.69, 9.17) is 29.0 Å². The first kappa shape index (κ1) is 49.9. The third-order valence-corrected chi connectivity index (χ3v) is 15.4. The van der Waals surface area contributed by atoms with Gasteiger partial charge in [-0.3, -0.25) is 0 Å². The number of fused-ring (bicyclic) bond motifs is 1. The quantitative estimate of drug-likeness (QED) is 0.0741. The Bertz CT molecular complexity index is 3060. The van der Waals surface area contributed by atoms with E-state index in [1.807, 2.05) is 18.2 Å². The Kier molecular flexibility index (Phi) is 15.5. The van der Waals surface area contributed by atoms with E-state index in [-0.39, 0.29) is 36.6 Å². The molecule has 0 radical (unpaired) electrons. The molecule has 68 heavy (non-hydrogen) atoms. The van der Waals surface area contributed by atoms with Gasteiger partial charge in [0.25, 0.3) is 0 Å². The van der Waals surface area contributed by atoms with Crippen molar-refractivity contribution in [1.82, 2.24) is 39.5 Å². The number of alkyl carbamates (subject to hydrolysis) is 1. The van der Waals surface area contributed by atoms with E-state index >= 15 is 16.8 Å². The molecule has 2 aromatic heterocycles. The maximum atomic E-state index is 16.1. The fourth-order valence-electron chi connectivity index (χ4n) is 7.09. The van der Waals surface area contributed by atoms with E-state index in [2.05, 4.69) is 36.3 Å². The Hall–Kier alpha value is -6.01. The third kappa shape index (κ3) is 11.8. The lowest BCUT2D eigenvalue weighted by Crippen LogP contribution is -2.47. The zero-order valence-corrected chi connectivity index (χ0v) is 41.9. The smallest absolute Gasteiger partial charge is 0.407 e. The molecule has 0 aliphatic rings. The van der Waals surface area contributed by atoms with E-state index in [1.54, 1.807) is 101 Å². The molecule has 0 saturated carbocycles. The minimum absolute atomic E-state index is 0.104. The van der Waals surface area contributed by atoms with Gasteiger partial charge < -0.3 is 29.4 Å². The number of thiazole rings is 1. The molecule has 7 rings (SSSR count). The number of aliphatic hydroxyl groups is 1. The number of para-hydroxylation sites is 1. The number of amides is 1. The summed E-state index contributed by atoms with van der Waals surface area (Å²) >= 11 is 4.84. The SMILES string of the molecule is COc1ccc(CN(Cc2ccc(OC)cc2)S(=O)(=O)c2c(S(=O)(=O)NC(CO)CNC(=O)OC(C)(C)C)ccc(-c3cccc4sc(Br)nc34)c2-c2nnn(Cc3ccc(OC)cc3)n2)cc1. The monoisotopic (exact) mass is 1050 g/mol. The zero-order valence-electron chi connectivity index (χ0n) is 37.8. The molecule has 0 aliphatic carbocycles. The highest BCUT2D eigenvalue weighted by atomic mass is 79.9. The van der Waals surface area contributed by atoms with Gasteiger partial charge in [-0.1, -0.05) is 54.6 Å². The maximum Gasteiger partial charge on any atom is 0.407 e.